The summed E-state index contributed by atoms with van der Waals surface area (Å²) in [4.78, 5) is 9.12. The first-order valence-corrected chi connectivity index (χ1v) is 7.77. The quantitative estimate of drug-likeness (QED) is 0.908. The van der Waals surface area contributed by atoms with Crippen LogP contribution in [-0.2, 0) is 5.54 Å². The van der Waals surface area contributed by atoms with Crippen LogP contribution in [0.4, 0.5) is 5.82 Å². The molecule has 0 saturated heterocycles. The van der Waals surface area contributed by atoms with E-state index in [1.54, 1.807) is 6.20 Å². The summed E-state index contributed by atoms with van der Waals surface area (Å²) in [5.41, 5.74) is 8.27. The third-order valence-electron chi connectivity index (χ3n) is 4.27. The van der Waals surface area contributed by atoms with E-state index in [2.05, 4.69) is 30.3 Å². The van der Waals surface area contributed by atoms with Crippen LogP contribution in [0.1, 0.15) is 58.2 Å². The molecule has 112 valence electrons. The molecule has 1 aliphatic carbocycles. The molecule has 1 fully saturated rings. The molecule has 0 aliphatic heterocycles. The van der Waals surface area contributed by atoms with Crippen LogP contribution in [0, 0.1) is 0 Å². The lowest BCUT2D eigenvalue weighted by atomic mass is 10.0. The maximum Gasteiger partial charge on any atom is 0.132 e. The van der Waals surface area contributed by atoms with Crippen molar-refractivity contribution in [2.24, 2.45) is 0 Å². The number of hydrogen-bond donors (Lipinski definition) is 1. The number of rotatable bonds is 2. The zero-order chi connectivity index (χ0) is 15.0. The molecule has 4 heteroatoms. The number of aromatic nitrogens is 3. The van der Waals surface area contributed by atoms with Crippen molar-refractivity contribution in [3.63, 3.8) is 0 Å². The van der Waals surface area contributed by atoms with Crippen molar-refractivity contribution in [1.29, 1.82) is 0 Å². The van der Waals surface area contributed by atoms with Crippen molar-refractivity contribution in [1.82, 2.24) is 14.5 Å². The molecule has 0 spiro atoms. The first-order chi connectivity index (χ1) is 9.98. The number of anilines is 1. The second-order valence-corrected chi connectivity index (χ2v) is 6.93. The van der Waals surface area contributed by atoms with E-state index in [4.69, 9.17) is 10.7 Å². The molecule has 0 amide bonds. The summed E-state index contributed by atoms with van der Waals surface area (Å²) >= 11 is 0. The van der Waals surface area contributed by atoms with Crippen LogP contribution in [-0.4, -0.2) is 14.5 Å². The molecule has 2 aromatic heterocycles. The van der Waals surface area contributed by atoms with Crippen LogP contribution in [0.15, 0.2) is 24.5 Å². The smallest absolute Gasteiger partial charge is 0.132 e. The van der Waals surface area contributed by atoms with Gasteiger partial charge >= 0.3 is 0 Å². The summed E-state index contributed by atoms with van der Waals surface area (Å²) in [7, 11) is 0. The molecule has 1 aliphatic rings. The van der Waals surface area contributed by atoms with E-state index in [1.165, 1.54) is 25.7 Å². The topological polar surface area (TPSA) is 56.7 Å². The average Bonchev–Trinajstić information content (AvgIpc) is 3.05. The summed E-state index contributed by atoms with van der Waals surface area (Å²) < 4.78 is 2.23. The van der Waals surface area contributed by atoms with Gasteiger partial charge in [-0.15, -0.1) is 0 Å². The van der Waals surface area contributed by atoms with Crippen molar-refractivity contribution in [3.8, 4) is 11.3 Å². The standard InChI is InChI=1S/C17H24N4/c1-17(2,3)21-15(18)14(13-9-6-10-19-11-13)20-16(21)12-7-4-5-8-12/h6,9-12H,4-5,7-8,18H2,1-3H3. The Labute approximate surface area is 126 Å². The fourth-order valence-electron chi connectivity index (χ4n) is 3.33. The van der Waals surface area contributed by atoms with Gasteiger partial charge in [-0.3, -0.25) is 4.98 Å². The Morgan fingerprint density at radius 3 is 2.52 bits per heavy atom. The van der Waals surface area contributed by atoms with Gasteiger partial charge in [-0.2, -0.15) is 0 Å². The molecule has 21 heavy (non-hydrogen) atoms. The van der Waals surface area contributed by atoms with Crippen LogP contribution in [0.2, 0.25) is 0 Å². The number of imidazole rings is 1. The molecule has 0 unspecified atom stereocenters. The first kappa shape index (κ1) is 14.1. The van der Waals surface area contributed by atoms with Gasteiger partial charge in [-0.05, 0) is 45.7 Å². The van der Waals surface area contributed by atoms with E-state index in [1.807, 2.05) is 18.3 Å². The van der Waals surface area contributed by atoms with Gasteiger partial charge in [0, 0.05) is 29.4 Å². The fraction of sp³-hybridized carbons (Fsp3) is 0.529. The van der Waals surface area contributed by atoms with Crippen LogP contribution in [0.25, 0.3) is 11.3 Å². The largest absolute Gasteiger partial charge is 0.383 e. The zero-order valence-corrected chi connectivity index (χ0v) is 13.1. The number of nitrogens with zero attached hydrogens (tertiary/aromatic N) is 3. The Hall–Kier alpha value is -1.84. The Kier molecular flexibility index (Phi) is 3.47. The predicted octanol–water partition coefficient (Wildman–Crippen LogP) is 3.94. The van der Waals surface area contributed by atoms with Crippen LogP contribution >= 0.6 is 0 Å². The van der Waals surface area contributed by atoms with E-state index in [0.717, 1.165) is 22.9 Å². The molecular weight excluding hydrogens is 260 g/mol. The van der Waals surface area contributed by atoms with Crippen LogP contribution < -0.4 is 5.73 Å². The molecule has 3 rings (SSSR count). The maximum atomic E-state index is 6.46. The second-order valence-electron chi connectivity index (χ2n) is 6.93. The Morgan fingerprint density at radius 2 is 1.95 bits per heavy atom. The highest BCUT2D eigenvalue weighted by Gasteiger charge is 2.30. The van der Waals surface area contributed by atoms with Crippen LogP contribution in [0.5, 0.6) is 0 Å². The summed E-state index contributed by atoms with van der Waals surface area (Å²) in [5.74, 6) is 2.45. The third-order valence-corrected chi connectivity index (χ3v) is 4.27. The lowest BCUT2D eigenvalue weighted by molar-refractivity contribution is 0.377. The van der Waals surface area contributed by atoms with Gasteiger partial charge in [0.2, 0.25) is 0 Å². The summed E-state index contributed by atoms with van der Waals surface area (Å²) in [6, 6.07) is 3.96. The lowest BCUT2D eigenvalue weighted by Crippen LogP contribution is -2.26. The highest BCUT2D eigenvalue weighted by molar-refractivity contribution is 5.70. The Bertz CT molecular complexity index is 616. The predicted molar refractivity (Wildman–Crippen MR) is 86.1 cm³/mol. The van der Waals surface area contributed by atoms with E-state index in [-0.39, 0.29) is 5.54 Å². The van der Waals surface area contributed by atoms with Crippen molar-refractivity contribution < 1.29 is 0 Å². The normalized spacial score (nSPS) is 16.5. The van der Waals surface area contributed by atoms with Crippen molar-refractivity contribution in [3.05, 3.63) is 30.4 Å². The molecule has 0 bridgehead atoms. The fourth-order valence-corrected chi connectivity index (χ4v) is 3.33. The van der Waals surface area contributed by atoms with Gasteiger partial charge in [-0.1, -0.05) is 12.8 Å². The van der Waals surface area contributed by atoms with E-state index in [9.17, 15) is 0 Å². The highest BCUT2D eigenvalue weighted by Crippen LogP contribution is 2.39. The SMILES string of the molecule is CC(C)(C)n1c(C2CCCC2)nc(-c2cccnc2)c1N. The third kappa shape index (κ3) is 2.55. The minimum Gasteiger partial charge on any atom is -0.383 e. The number of nitrogen functional groups attached to an aromatic ring is 1. The van der Waals surface area contributed by atoms with Crippen molar-refractivity contribution in [2.45, 2.75) is 57.9 Å². The Morgan fingerprint density at radius 1 is 1.24 bits per heavy atom. The van der Waals surface area contributed by atoms with Crippen LogP contribution in [0.3, 0.4) is 0 Å². The van der Waals surface area contributed by atoms with E-state index < -0.39 is 0 Å². The second kappa shape index (κ2) is 5.17. The van der Waals surface area contributed by atoms with Gasteiger partial charge in [0.15, 0.2) is 0 Å². The number of nitrogens with two attached hydrogens (primary N) is 1. The van der Waals surface area contributed by atoms with Gasteiger partial charge in [-0.25, -0.2) is 4.98 Å². The van der Waals surface area contributed by atoms with E-state index in [0.29, 0.717) is 5.92 Å². The summed E-state index contributed by atoms with van der Waals surface area (Å²) in [5, 5.41) is 0. The number of hydrogen-bond acceptors (Lipinski definition) is 3. The molecule has 0 atom stereocenters. The van der Waals surface area contributed by atoms with Crippen molar-refractivity contribution in [2.75, 3.05) is 5.73 Å². The highest BCUT2D eigenvalue weighted by atomic mass is 15.2. The van der Waals surface area contributed by atoms with Gasteiger partial charge < -0.3 is 10.3 Å². The van der Waals surface area contributed by atoms with Gasteiger partial charge in [0.05, 0.1) is 0 Å². The maximum absolute atomic E-state index is 6.46. The molecule has 2 N–H and O–H groups in total. The Balaban J connectivity index is 2.15. The van der Waals surface area contributed by atoms with Gasteiger partial charge in [0.1, 0.15) is 17.3 Å². The average molecular weight is 284 g/mol. The summed E-state index contributed by atoms with van der Waals surface area (Å²) in [6.45, 7) is 6.57. The molecule has 2 aromatic rings. The monoisotopic (exact) mass is 284 g/mol. The van der Waals surface area contributed by atoms with E-state index >= 15 is 0 Å². The molecule has 2 heterocycles. The lowest BCUT2D eigenvalue weighted by Gasteiger charge is -2.27. The first-order valence-electron chi connectivity index (χ1n) is 7.77. The molecular formula is C17H24N4. The molecule has 0 radical (unpaired) electrons. The van der Waals surface area contributed by atoms with Gasteiger partial charge in [0.25, 0.3) is 0 Å². The minimum atomic E-state index is -0.0601. The van der Waals surface area contributed by atoms with Crippen molar-refractivity contribution >= 4 is 5.82 Å². The molecule has 1 saturated carbocycles. The minimum absolute atomic E-state index is 0.0601. The molecule has 0 aromatic carbocycles. The zero-order valence-electron chi connectivity index (χ0n) is 13.1. The number of pyridine rings is 1. The molecule has 4 nitrogen and oxygen atoms in total. The summed E-state index contributed by atoms with van der Waals surface area (Å²) in [6.07, 6.45) is 8.65.